The maximum atomic E-state index is 11.6. The predicted molar refractivity (Wildman–Crippen MR) is 83.5 cm³/mol. The van der Waals surface area contributed by atoms with Gasteiger partial charge in [-0.05, 0) is 17.7 Å². The molecule has 0 radical (unpaired) electrons. The molecule has 1 N–H and O–H groups in total. The summed E-state index contributed by atoms with van der Waals surface area (Å²) < 4.78 is 0. The number of nitrogens with one attached hydrogen (secondary N) is 1. The van der Waals surface area contributed by atoms with Gasteiger partial charge >= 0.3 is 35.5 Å². The molecule has 0 aliphatic heterocycles. The van der Waals surface area contributed by atoms with E-state index in [0.717, 1.165) is 5.56 Å². The van der Waals surface area contributed by atoms with Crippen LogP contribution >= 0.6 is 23.2 Å². The van der Waals surface area contributed by atoms with Gasteiger partial charge in [0.05, 0.1) is 16.5 Å². The Bertz CT molecular complexity index is 558. The first-order valence-electron chi connectivity index (χ1n) is 5.60. The summed E-state index contributed by atoms with van der Waals surface area (Å²) in [4.78, 5) is 16.6. The Balaban J connectivity index is 0.00000200. The topological polar surface area (TPSA) is 38.3 Å². The van der Waals surface area contributed by atoms with Crippen molar-refractivity contribution in [3.63, 3.8) is 0 Å². The zero-order valence-corrected chi connectivity index (χ0v) is 11.4. The Morgan fingerprint density at radius 2 is 1.60 bits per heavy atom. The zero-order valence-electron chi connectivity index (χ0n) is 9.90. The molecule has 3 nitrogen and oxygen atoms in total. The standard InChI is InChI=1S/C14H11Cl2NO2.Na.H/c15-11-7-4-8-12(16)14(11)17-19-13(18)9-10-5-2-1-3-6-10;;/h1-8,17H,9H2;;. The van der Waals surface area contributed by atoms with Gasteiger partial charge < -0.3 is 4.84 Å². The molecule has 0 fully saturated rings. The Hall–Kier alpha value is -0.710. The molecule has 0 saturated heterocycles. The molecule has 0 unspecified atom stereocenters. The normalized spacial score (nSPS) is 9.50. The molecule has 20 heavy (non-hydrogen) atoms. The number of halogens is 2. The molecule has 0 saturated carbocycles. The van der Waals surface area contributed by atoms with E-state index >= 15 is 0 Å². The van der Waals surface area contributed by atoms with Crippen molar-refractivity contribution in [2.45, 2.75) is 6.42 Å². The van der Waals surface area contributed by atoms with Gasteiger partial charge in [0.2, 0.25) is 0 Å². The van der Waals surface area contributed by atoms with E-state index in [2.05, 4.69) is 5.48 Å². The Labute approximate surface area is 149 Å². The molecule has 0 aromatic heterocycles. The molecule has 2 aromatic carbocycles. The van der Waals surface area contributed by atoms with Gasteiger partial charge in [-0.1, -0.05) is 59.6 Å². The second kappa shape index (κ2) is 8.55. The van der Waals surface area contributed by atoms with E-state index in [9.17, 15) is 4.79 Å². The van der Waals surface area contributed by atoms with Gasteiger partial charge in [-0.2, -0.15) is 0 Å². The van der Waals surface area contributed by atoms with Crippen molar-refractivity contribution in [3.05, 3.63) is 64.1 Å². The Morgan fingerprint density at radius 3 is 2.20 bits per heavy atom. The van der Waals surface area contributed by atoms with Crippen LogP contribution in [0.25, 0.3) is 0 Å². The van der Waals surface area contributed by atoms with E-state index < -0.39 is 5.97 Å². The van der Waals surface area contributed by atoms with Crippen LogP contribution in [0.3, 0.4) is 0 Å². The zero-order chi connectivity index (χ0) is 13.7. The monoisotopic (exact) mass is 319 g/mol. The first-order chi connectivity index (χ1) is 9.16. The minimum absolute atomic E-state index is 0. The average Bonchev–Trinajstić information content (AvgIpc) is 2.39. The summed E-state index contributed by atoms with van der Waals surface area (Å²) in [5.74, 6) is -0.415. The molecule has 0 bridgehead atoms. The molecule has 0 heterocycles. The molecular weight excluding hydrogens is 308 g/mol. The molecule has 0 spiro atoms. The Kier molecular flexibility index (Phi) is 7.41. The van der Waals surface area contributed by atoms with Crippen molar-refractivity contribution in [2.75, 3.05) is 5.48 Å². The summed E-state index contributed by atoms with van der Waals surface area (Å²) in [6.07, 6.45) is 0.176. The molecule has 0 aliphatic rings. The summed E-state index contributed by atoms with van der Waals surface area (Å²) in [6.45, 7) is 0. The fourth-order valence-electron chi connectivity index (χ4n) is 1.50. The number of benzene rings is 2. The molecule has 6 heteroatoms. The third kappa shape index (κ3) is 5.00. The number of para-hydroxylation sites is 1. The summed E-state index contributed by atoms with van der Waals surface area (Å²) >= 11 is 11.9. The molecule has 2 aromatic rings. The summed E-state index contributed by atoms with van der Waals surface area (Å²) in [5.41, 5.74) is 3.74. The van der Waals surface area contributed by atoms with Gasteiger partial charge in [-0.3, -0.25) is 0 Å². The van der Waals surface area contributed by atoms with Gasteiger partial charge in [0.25, 0.3) is 0 Å². The third-order valence-electron chi connectivity index (χ3n) is 2.42. The number of rotatable bonds is 4. The SMILES string of the molecule is O=C(Cc1ccccc1)ONc1c(Cl)cccc1Cl.[NaH]. The van der Waals surface area contributed by atoms with E-state index in [0.29, 0.717) is 15.7 Å². The van der Waals surface area contributed by atoms with Crippen LogP contribution in [0.15, 0.2) is 48.5 Å². The van der Waals surface area contributed by atoms with Crippen LogP contribution in [-0.4, -0.2) is 35.5 Å². The second-order valence-corrected chi connectivity index (χ2v) is 4.65. The first kappa shape index (κ1) is 17.3. The van der Waals surface area contributed by atoms with Gasteiger partial charge in [0.1, 0.15) is 5.69 Å². The maximum absolute atomic E-state index is 11.6. The predicted octanol–water partition coefficient (Wildman–Crippen LogP) is 3.46. The van der Waals surface area contributed by atoms with Crippen LogP contribution in [0.4, 0.5) is 5.69 Å². The second-order valence-electron chi connectivity index (χ2n) is 3.84. The van der Waals surface area contributed by atoms with Gasteiger partial charge in [-0.25, -0.2) is 10.3 Å². The summed E-state index contributed by atoms with van der Waals surface area (Å²) in [5, 5.41) is 0.778. The van der Waals surface area contributed by atoms with Crippen LogP contribution in [-0.2, 0) is 16.1 Å². The number of carbonyl (C=O) groups excluding carboxylic acids is 1. The van der Waals surface area contributed by atoms with E-state index in [1.165, 1.54) is 0 Å². The third-order valence-corrected chi connectivity index (χ3v) is 3.05. The van der Waals surface area contributed by atoms with Crippen LogP contribution < -0.4 is 5.48 Å². The van der Waals surface area contributed by atoms with Crippen molar-refractivity contribution in [1.29, 1.82) is 0 Å². The van der Waals surface area contributed by atoms with E-state index in [-0.39, 0.29) is 36.0 Å². The van der Waals surface area contributed by atoms with Crippen LogP contribution in [0.5, 0.6) is 0 Å². The van der Waals surface area contributed by atoms with Gasteiger partial charge in [-0.15, -0.1) is 0 Å². The van der Waals surface area contributed by atoms with Crippen LogP contribution in [0.1, 0.15) is 5.56 Å². The first-order valence-corrected chi connectivity index (χ1v) is 6.36. The van der Waals surface area contributed by atoms with Crippen molar-refractivity contribution >= 4 is 64.4 Å². The number of hydrogen-bond acceptors (Lipinski definition) is 3. The van der Waals surface area contributed by atoms with Crippen molar-refractivity contribution < 1.29 is 9.63 Å². The van der Waals surface area contributed by atoms with Crippen molar-refractivity contribution in [3.8, 4) is 0 Å². The molecule has 0 aliphatic carbocycles. The molecule has 0 atom stereocenters. The van der Waals surface area contributed by atoms with E-state index in [1.54, 1.807) is 18.2 Å². The molecular formula is C14H12Cl2NNaO2. The van der Waals surface area contributed by atoms with Crippen molar-refractivity contribution in [1.82, 2.24) is 0 Å². The fourth-order valence-corrected chi connectivity index (χ4v) is 1.98. The average molecular weight is 320 g/mol. The number of carbonyl (C=O) groups is 1. The Morgan fingerprint density at radius 1 is 1.00 bits per heavy atom. The summed E-state index contributed by atoms with van der Waals surface area (Å²) in [7, 11) is 0. The van der Waals surface area contributed by atoms with Gasteiger partial charge in [0.15, 0.2) is 0 Å². The van der Waals surface area contributed by atoms with Gasteiger partial charge in [0, 0.05) is 0 Å². The molecule has 2 rings (SSSR count). The van der Waals surface area contributed by atoms with Crippen LogP contribution in [0, 0.1) is 0 Å². The number of hydrogen-bond donors (Lipinski definition) is 1. The minimum atomic E-state index is -0.415. The van der Waals surface area contributed by atoms with Crippen LogP contribution in [0.2, 0.25) is 10.0 Å². The fraction of sp³-hybridized carbons (Fsp3) is 0.0714. The molecule has 0 amide bonds. The van der Waals surface area contributed by atoms with E-state index in [4.69, 9.17) is 28.0 Å². The molecule has 100 valence electrons. The summed E-state index contributed by atoms with van der Waals surface area (Å²) in [6, 6.07) is 14.3. The number of anilines is 1. The van der Waals surface area contributed by atoms with Crippen molar-refractivity contribution in [2.24, 2.45) is 0 Å². The van der Waals surface area contributed by atoms with E-state index in [1.807, 2.05) is 30.3 Å². The quantitative estimate of drug-likeness (QED) is 0.693.